The molecule has 1 aromatic rings. The summed E-state index contributed by atoms with van der Waals surface area (Å²) in [7, 11) is 1.68. The summed E-state index contributed by atoms with van der Waals surface area (Å²) in [4.78, 5) is 0. The van der Waals surface area contributed by atoms with E-state index in [-0.39, 0.29) is 0 Å². The summed E-state index contributed by atoms with van der Waals surface area (Å²) < 4.78 is 11.1. The summed E-state index contributed by atoms with van der Waals surface area (Å²) in [5.41, 5.74) is 7.04. The summed E-state index contributed by atoms with van der Waals surface area (Å²) in [6, 6.07) is 8.41. The topological polar surface area (TPSA) is 44.5 Å². The zero-order valence-corrected chi connectivity index (χ0v) is 10.4. The molecule has 3 heteroatoms. The van der Waals surface area contributed by atoms with E-state index in [1.165, 1.54) is 5.56 Å². The molecular formula is C14H21NO2. The second kappa shape index (κ2) is 6.03. The van der Waals surface area contributed by atoms with Gasteiger partial charge in [-0.2, -0.15) is 0 Å². The number of ether oxygens (including phenoxy) is 2. The van der Waals surface area contributed by atoms with E-state index in [0.717, 1.165) is 31.4 Å². The summed E-state index contributed by atoms with van der Waals surface area (Å²) in [5, 5.41) is 0. The van der Waals surface area contributed by atoms with Crippen LogP contribution < -0.4 is 10.5 Å². The minimum atomic E-state index is 0.376. The van der Waals surface area contributed by atoms with Crippen LogP contribution in [0.5, 0.6) is 5.75 Å². The predicted octanol–water partition coefficient (Wildman–Crippen LogP) is 2.48. The predicted molar refractivity (Wildman–Crippen MR) is 68.0 cm³/mol. The van der Waals surface area contributed by atoms with E-state index in [1.807, 2.05) is 18.2 Å². The quantitative estimate of drug-likeness (QED) is 0.872. The number of benzene rings is 1. The molecule has 0 aromatic heterocycles. The van der Waals surface area contributed by atoms with Crippen molar-refractivity contribution >= 4 is 0 Å². The van der Waals surface area contributed by atoms with Crippen LogP contribution in [-0.4, -0.2) is 19.3 Å². The van der Waals surface area contributed by atoms with Crippen molar-refractivity contribution < 1.29 is 9.47 Å². The molecule has 0 heterocycles. The van der Waals surface area contributed by atoms with E-state index in [1.54, 1.807) is 7.11 Å². The second-order valence-corrected chi connectivity index (χ2v) is 4.70. The van der Waals surface area contributed by atoms with E-state index in [9.17, 15) is 0 Å². The van der Waals surface area contributed by atoms with E-state index >= 15 is 0 Å². The number of hydrogen-bond acceptors (Lipinski definition) is 3. The maximum absolute atomic E-state index is 5.91. The lowest BCUT2D eigenvalue weighted by Crippen LogP contribution is -2.30. The minimum absolute atomic E-state index is 0.376. The Hall–Kier alpha value is -1.06. The average Bonchev–Trinajstić information content (AvgIpc) is 2.38. The maximum atomic E-state index is 5.91. The first-order valence-corrected chi connectivity index (χ1v) is 6.28. The molecule has 1 fully saturated rings. The van der Waals surface area contributed by atoms with Gasteiger partial charge in [0.25, 0.3) is 0 Å². The summed E-state index contributed by atoms with van der Waals surface area (Å²) >= 11 is 0. The van der Waals surface area contributed by atoms with Gasteiger partial charge in [0.05, 0.1) is 19.8 Å². The molecule has 0 spiro atoms. The van der Waals surface area contributed by atoms with Gasteiger partial charge in [-0.15, -0.1) is 0 Å². The summed E-state index contributed by atoms with van der Waals surface area (Å²) in [6.07, 6.45) is 4.72. The van der Waals surface area contributed by atoms with Gasteiger partial charge in [-0.25, -0.2) is 0 Å². The molecule has 2 rings (SSSR count). The first kappa shape index (κ1) is 12.4. The lowest BCUT2D eigenvalue weighted by atomic mass is 9.94. The summed E-state index contributed by atoms with van der Waals surface area (Å²) in [6.45, 7) is 0.664. The zero-order valence-electron chi connectivity index (χ0n) is 10.4. The third kappa shape index (κ3) is 3.72. The van der Waals surface area contributed by atoms with Crippen LogP contribution in [0.2, 0.25) is 0 Å². The zero-order chi connectivity index (χ0) is 12.1. The van der Waals surface area contributed by atoms with E-state index in [4.69, 9.17) is 15.2 Å². The Balaban J connectivity index is 1.81. The van der Waals surface area contributed by atoms with Crippen LogP contribution in [0.15, 0.2) is 24.3 Å². The van der Waals surface area contributed by atoms with Gasteiger partial charge in [0.2, 0.25) is 0 Å². The normalized spacial score (nSPS) is 24.6. The fourth-order valence-corrected chi connectivity index (χ4v) is 2.23. The molecule has 0 atom stereocenters. The molecule has 1 saturated carbocycles. The molecule has 0 unspecified atom stereocenters. The van der Waals surface area contributed by atoms with Crippen molar-refractivity contribution in [3.8, 4) is 5.75 Å². The van der Waals surface area contributed by atoms with Gasteiger partial charge < -0.3 is 15.2 Å². The van der Waals surface area contributed by atoms with Crippen molar-refractivity contribution in [3.05, 3.63) is 29.8 Å². The van der Waals surface area contributed by atoms with E-state index in [2.05, 4.69) is 6.07 Å². The average molecular weight is 235 g/mol. The number of hydrogen-bond donors (Lipinski definition) is 1. The molecule has 1 aromatic carbocycles. The minimum Gasteiger partial charge on any atom is -0.497 e. The molecule has 1 aliphatic carbocycles. The Morgan fingerprint density at radius 2 is 2.00 bits per heavy atom. The first-order valence-electron chi connectivity index (χ1n) is 6.28. The van der Waals surface area contributed by atoms with E-state index in [0.29, 0.717) is 18.8 Å². The highest BCUT2D eigenvalue weighted by Crippen LogP contribution is 2.21. The van der Waals surface area contributed by atoms with Crippen LogP contribution in [-0.2, 0) is 11.3 Å². The van der Waals surface area contributed by atoms with Crippen molar-refractivity contribution in [2.24, 2.45) is 5.73 Å². The van der Waals surface area contributed by atoms with Gasteiger partial charge in [0.1, 0.15) is 5.75 Å². The molecule has 0 saturated heterocycles. The molecule has 0 amide bonds. The van der Waals surface area contributed by atoms with Crippen LogP contribution in [0.1, 0.15) is 31.2 Å². The lowest BCUT2D eigenvalue weighted by molar-refractivity contribution is 0.0137. The van der Waals surface area contributed by atoms with Crippen molar-refractivity contribution in [2.75, 3.05) is 7.11 Å². The third-order valence-corrected chi connectivity index (χ3v) is 3.34. The Kier molecular flexibility index (Phi) is 4.40. The second-order valence-electron chi connectivity index (χ2n) is 4.70. The third-order valence-electron chi connectivity index (χ3n) is 3.34. The van der Waals surface area contributed by atoms with Gasteiger partial charge in [-0.1, -0.05) is 12.1 Å². The Morgan fingerprint density at radius 3 is 2.71 bits per heavy atom. The Morgan fingerprint density at radius 1 is 1.24 bits per heavy atom. The van der Waals surface area contributed by atoms with Gasteiger partial charge in [0.15, 0.2) is 0 Å². The van der Waals surface area contributed by atoms with Gasteiger partial charge in [-0.05, 0) is 43.4 Å². The maximum Gasteiger partial charge on any atom is 0.119 e. The van der Waals surface area contributed by atoms with Crippen LogP contribution in [0.3, 0.4) is 0 Å². The molecule has 0 aliphatic heterocycles. The number of methoxy groups -OCH3 is 1. The molecule has 94 valence electrons. The lowest BCUT2D eigenvalue weighted by Gasteiger charge is -2.26. The van der Waals surface area contributed by atoms with Crippen molar-refractivity contribution in [1.82, 2.24) is 0 Å². The fourth-order valence-electron chi connectivity index (χ4n) is 2.23. The Bertz CT molecular complexity index is 346. The van der Waals surface area contributed by atoms with Crippen LogP contribution in [0.25, 0.3) is 0 Å². The Labute approximate surface area is 103 Å². The van der Waals surface area contributed by atoms with Crippen LogP contribution in [0, 0.1) is 0 Å². The number of nitrogens with two attached hydrogens (primary N) is 1. The molecule has 0 radical (unpaired) electrons. The van der Waals surface area contributed by atoms with Crippen molar-refractivity contribution in [1.29, 1.82) is 0 Å². The van der Waals surface area contributed by atoms with E-state index < -0.39 is 0 Å². The number of rotatable bonds is 4. The molecule has 3 nitrogen and oxygen atoms in total. The highest BCUT2D eigenvalue weighted by atomic mass is 16.5. The largest absolute Gasteiger partial charge is 0.497 e. The highest BCUT2D eigenvalue weighted by Gasteiger charge is 2.18. The monoisotopic (exact) mass is 235 g/mol. The van der Waals surface area contributed by atoms with Crippen LogP contribution >= 0.6 is 0 Å². The van der Waals surface area contributed by atoms with Crippen LogP contribution in [0.4, 0.5) is 0 Å². The first-order chi connectivity index (χ1) is 8.28. The van der Waals surface area contributed by atoms with Gasteiger partial charge in [0, 0.05) is 6.04 Å². The summed E-state index contributed by atoms with van der Waals surface area (Å²) in [5.74, 6) is 0.886. The highest BCUT2D eigenvalue weighted by molar-refractivity contribution is 5.27. The standard InChI is InChI=1S/C14H21NO2/c1-16-14-4-2-3-11(9-14)10-17-13-7-5-12(15)6-8-13/h2-4,9,12-13H,5-8,10,15H2,1H3. The smallest absolute Gasteiger partial charge is 0.119 e. The molecular weight excluding hydrogens is 214 g/mol. The van der Waals surface area contributed by atoms with Gasteiger partial charge >= 0.3 is 0 Å². The fraction of sp³-hybridized carbons (Fsp3) is 0.571. The molecule has 17 heavy (non-hydrogen) atoms. The van der Waals surface area contributed by atoms with Crippen molar-refractivity contribution in [2.45, 2.75) is 44.4 Å². The SMILES string of the molecule is COc1cccc(COC2CCC(N)CC2)c1. The van der Waals surface area contributed by atoms with Crippen molar-refractivity contribution in [3.63, 3.8) is 0 Å². The molecule has 1 aliphatic rings. The van der Waals surface area contributed by atoms with Gasteiger partial charge in [-0.3, -0.25) is 0 Å². The molecule has 2 N–H and O–H groups in total. The molecule has 0 bridgehead atoms.